The molecule has 0 amide bonds. The molecule has 0 aromatic heterocycles. The molecule has 28 heavy (non-hydrogen) atoms. The fourth-order valence-corrected chi connectivity index (χ4v) is 3.30. The third kappa shape index (κ3) is 6.50. The summed E-state index contributed by atoms with van der Waals surface area (Å²) in [6, 6.07) is 6.98. The molecule has 5 nitrogen and oxygen atoms in total. The molecule has 0 unspecified atom stereocenters. The van der Waals surface area contributed by atoms with Crippen LogP contribution in [0, 0.1) is 27.7 Å². The Balaban J connectivity index is 0.000000292. The summed E-state index contributed by atoms with van der Waals surface area (Å²) in [5.74, 6) is 1.15. The summed E-state index contributed by atoms with van der Waals surface area (Å²) in [4.78, 5) is 22.5. The molecule has 1 N–H and O–H groups in total. The number of carbonyl (C=O) groups is 2. The van der Waals surface area contributed by atoms with Gasteiger partial charge in [-0.3, -0.25) is 9.59 Å². The molecule has 2 aromatic rings. The Morgan fingerprint density at radius 1 is 0.786 bits per heavy atom. The highest BCUT2D eigenvalue weighted by Gasteiger charge is 2.10. The van der Waals surface area contributed by atoms with Crippen LogP contribution in [0.25, 0.3) is 0 Å². The van der Waals surface area contributed by atoms with Crippen LogP contribution in [0.4, 0.5) is 0 Å². The van der Waals surface area contributed by atoms with Crippen molar-refractivity contribution in [3.8, 4) is 11.5 Å². The number of phenolic OH excluding ortho intramolecular Hbond substituents is 1. The lowest BCUT2D eigenvalue weighted by atomic mass is 9.99. The maximum absolute atomic E-state index is 11.4. The molecule has 0 fully saturated rings. The summed E-state index contributed by atoms with van der Waals surface area (Å²) in [5.41, 5.74) is 5.09. The third-order valence-electron chi connectivity index (χ3n) is 4.28. The molecule has 0 radical (unpaired) electrons. The van der Waals surface area contributed by atoms with E-state index in [1.54, 1.807) is 26.2 Å². The topological polar surface area (TPSA) is 72.8 Å². The first-order valence-electron chi connectivity index (χ1n) is 9.13. The number of aryl methyl sites for hydroxylation is 4. The van der Waals surface area contributed by atoms with Crippen LogP contribution in [0.1, 0.15) is 56.8 Å². The number of hydrogen-bond donors (Lipinski definition) is 1. The van der Waals surface area contributed by atoms with E-state index in [2.05, 4.69) is 0 Å². The second-order valence-corrected chi connectivity index (χ2v) is 6.84. The van der Waals surface area contributed by atoms with E-state index in [0.29, 0.717) is 18.8 Å². The molecular weight excluding hydrogens is 356 g/mol. The number of carbonyl (C=O) groups excluding carboxylic acids is 2. The van der Waals surface area contributed by atoms with Crippen molar-refractivity contribution >= 4 is 11.6 Å². The first-order chi connectivity index (χ1) is 13.1. The van der Waals surface area contributed by atoms with Crippen molar-refractivity contribution in [2.75, 3.05) is 20.3 Å². The van der Waals surface area contributed by atoms with E-state index in [0.717, 1.165) is 33.6 Å². The average Bonchev–Trinajstić information content (AvgIpc) is 2.53. The van der Waals surface area contributed by atoms with Crippen LogP contribution in [-0.4, -0.2) is 37.0 Å². The Morgan fingerprint density at radius 3 is 1.54 bits per heavy atom. The van der Waals surface area contributed by atoms with Crippen LogP contribution < -0.4 is 4.74 Å². The van der Waals surface area contributed by atoms with Crippen molar-refractivity contribution in [3.05, 3.63) is 57.6 Å². The highest BCUT2D eigenvalue weighted by Crippen LogP contribution is 2.22. The van der Waals surface area contributed by atoms with E-state index >= 15 is 0 Å². The largest absolute Gasteiger partial charge is 0.508 e. The quantitative estimate of drug-likeness (QED) is 0.573. The van der Waals surface area contributed by atoms with Gasteiger partial charge in [-0.25, -0.2) is 0 Å². The fourth-order valence-electron chi connectivity index (χ4n) is 3.30. The minimum Gasteiger partial charge on any atom is -0.508 e. The average molecular weight is 386 g/mol. The number of ether oxygens (including phenoxy) is 2. The van der Waals surface area contributed by atoms with Gasteiger partial charge in [0.1, 0.15) is 18.1 Å². The number of methoxy groups -OCH3 is 1. The minimum atomic E-state index is 0.0463. The number of hydrogen-bond acceptors (Lipinski definition) is 5. The predicted molar refractivity (Wildman–Crippen MR) is 111 cm³/mol. The Morgan fingerprint density at radius 2 is 1.18 bits per heavy atom. The normalized spacial score (nSPS) is 10.1. The summed E-state index contributed by atoms with van der Waals surface area (Å²) in [5, 5.41) is 9.19. The van der Waals surface area contributed by atoms with Gasteiger partial charge in [-0.05, 0) is 88.1 Å². The van der Waals surface area contributed by atoms with Gasteiger partial charge in [-0.1, -0.05) is 0 Å². The van der Waals surface area contributed by atoms with Gasteiger partial charge in [0.2, 0.25) is 0 Å². The summed E-state index contributed by atoms with van der Waals surface area (Å²) in [6.07, 6.45) is 0. The molecule has 0 aliphatic rings. The van der Waals surface area contributed by atoms with E-state index < -0.39 is 0 Å². The van der Waals surface area contributed by atoms with Gasteiger partial charge >= 0.3 is 0 Å². The Hall–Kier alpha value is -2.66. The molecule has 0 aliphatic heterocycles. The van der Waals surface area contributed by atoms with E-state index in [-0.39, 0.29) is 17.3 Å². The number of Topliss-reactive ketones (excluding diaryl/α,β-unsaturated/α-hetero) is 2. The van der Waals surface area contributed by atoms with Crippen molar-refractivity contribution in [1.29, 1.82) is 0 Å². The van der Waals surface area contributed by atoms with Gasteiger partial charge in [0.15, 0.2) is 11.6 Å². The Kier molecular flexibility index (Phi) is 8.86. The monoisotopic (exact) mass is 386 g/mol. The van der Waals surface area contributed by atoms with Crippen LogP contribution in [0.3, 0.4) is 0 Å². The van der Waals surface area contributed by atoms with Crippen LogP contribution >= 0.6 is 0 Å². The molecule has 0 bridgehead atoms. The Bertz CT molecular complexity index is 806. The number of rotatable bonds is 6. The predicted octanol–water partition coefficient (Wildman–Crippen LogP) is 4.74. The van der Waals surface area contributed by atoms with Crippen LogP contribution in [-0.2, 0) is 4.74 Å². The van der Waals surface area contributed by atoms with Gasteiger partial charge < -0.3 is 14.6 Å². The van der Waals surface area contributed by atoms with Crippen LogP contribution in [0.2, 0.25) is 0 Å². The second kappa shape index (κ2) is 10.6. The molecule has 2 aromatic carbocycles. The second-order valence-electron chi connectivity index (χ2n) is 6.84. The zero-order valence-corrected chi connectivity index (χ0v) is 17.8. The third-order valence-corrected chi connectivity index (χ3v) is 4.28. The molecule has 152 valence electrons. The summed E-state index contributed by atoms with van der Waals surface area (Å²) >= 11 is 0. The molecule has 0 aliphatic carbocycles. The highest BCUT2D eigenvalue weighted by atomic mass is 16.5. The molecule has 0 saturated carbocycles. The zero-order valence-electron chi connectivity index (χ0n) is 17.8. The number of benzene rings is 2. The lowest BCUT2D eigenvalue weighted by molar-refractivity contribution is 0.100. The maximum Gasteiger partial charge on any atom is 0.160 e. The Labute approximate surface area is 167 Å². The van der Waals surface area contributed by atoms with E-state index in [1.165, 1.54) is 6.92 Å². The van der Waals surface area contributed by atoms with Crippen molar-refractivity contribution in [1.82, 2.24) is 0 Å². The SMILES string of the molecule is CC(=O)c1c(C)cc(O)cc1C.COCCOc1cc(C)c(C(C)=O)c(C)c1. The van der Waals surface area contributed by atoms with Crippen LogP contribution in [0.5, 0.6) is 11.5 Å². The first kappa shape index (κ1) is 23.4. The molecule has 0 saturated heterocycles. The zero-order chi connectivity index (χ0) is 21.4. The smallest absolute Gasteiger partial charge is 0.160 e. The lowest BCUT2D eigenvalue weighted by Gasteiger charge is -2.11. The summed E-state index contributed by atoms with van der Waals surface area (Å²) in [7, 11) is 1.64. The van der Waals surface area contributed by atoms with Gasteiger partial charge in [-0.2, -0.15) is 0 Å². The molecular formula is C23H30O5. The lowest BCUT2D eigenvalue weighted by Crippen LogP contribution is -2.06. The molecule has 5 heteroatoms. The summed E-state index contributed by atoms with van der Waals surface area (Å²) < 4.78 is 10.4. The number of phenols is 1. The van der Waals surface area contributed by atoms with Gasteiger partial charge in [0.05, 0.1) is 6.61 Å². The highest BCUT2D eigenvalue weighted by molar-refractivity contribution is 5.97. The van der Waals surface area contributed by atoms with Crippen molar-refractivity contribution in [2.24, 2.45) is 0 Å². The van der Waals surface area contributed by atoms with E-state index in [4.69, 9.17) is 9.47 Å². The van der Waals surface area contributed by atoms with E-state index in [9.17, 15) is 14.7 Å². The summed E-state index contributed by atoms with van der Waals surface area (Å²) in [6.45, 7) is 11.7. The van der Waals surface area contributed by atoms with Crippen molar-refractivity contribution < 1.29 is 24.2 Å². The maximum atomic E-state index is 11.4. The minimum absolute atomic E-state index is 0.0463. The molecule has 0 spiro atoms. The number of ketones is 2. The van der Waals surface area contributed by atoms with Crippen LogP contribution in [0.15, 0.2) is 24.3 Å². The van der Waals surface area contributed by atoms with E-state index in [1.807, 2.05) is 39.8 Å². The number of aromatic hydroxyl groups is 1. The molecule has 2 rings (SSSR count). The van der Waals surface area contributed by atoms with Gasteiger partial charge in [0.25, 0.3) is 0 Å². The van der Waals surface area contributed by atoms with Crippen molar-refractivity contribution in [3.63, 3.8) is 0 Å². The van der Waals surface area contributed by atoms with Gasteiger partial charge in [-0.15, -0.1) is 0 Å². The molecule has 0 heterocycles. The first-order valence-corrected chi connectivity index (χ1v) is 9.13. The standard InChI is InChI=1S/C13H18O3.C10H12O2/c1-9-7-12(16-6-5-15-4)8-10(2)13(9)11(3)14;1-6-4-9(12)5-7(2)10(6)8(3)11/h7-8H,5-6H2,1-4H3;4-5,12H,1-3H3. The molecule has 0 atom stereocenters. The van der Waals surface area contributed by atoms with Gasteiger partial charge in [0, 0.05) is 18.2 Å². The fraction of sp³-hybridized carbons (Fsp3) is 0.391. The van der Waals surface area contributed by atoms with Crippen molar-refractivity contribution in [2.45, 2.75) is 41.5 Å².